The number of hydrogen-bond donors (Lipinski definition) is 1. The zero-order valence-electron chi connectivity index (χ0n) is 11.1. The second kappa shape index (κ2) is 5.22. The van der Waals surface area contributed by atoms with E-state index in [1.165, 1.54) is 38.8 Å². The lowest BCUT2D eigenvalue weighted by Crippen LogP contribution is -2.36. The SMILES string of the molecule is CNc1nccnc1[C@@H]1CCCN(CC2CC2)C1. The van der Waals surface area contributed by atoms with Gasteiger partial charge < -0.3 is 10.2 Å². The number of likely N-dealkylation sites (tertiary alicyclic amines) is 1. The Balaban J connectivity index is 1.70. The van der Waals surface area contributed by atoms with Gasteiger partial charge in [0.2, 0.25) is 0 Å². The molecule has 0 spiro atoms. The highest BCUT2D eigenvalue weighted by Crippen LogP contribution is 2.33. The Labute approximate surface area is 109 Å². The first-order valence-corrected chi connectivity index (χ1v) is 7.08. The average molecular weight is 246 g/mol. The van der Waals surface area contributed by atoms with Gasteiger partial charge in [-0.1, -0.05) is 0 Å². The van der Waals surface area contributed by atoms with Crippen LogP contribution in [0.15, 0.2) is 12.4 Å². The third-order valence-corrected chi connectivity index (χ3v) is 4.07. The summed E-state index contributed by atoms with van der Waals surface area (Å²) >= 11 is 0. The first kappa shape index (κ1) is 11.9. The molecular formula is C14H22N4. The molecule has 1 aromatic heterocycles. The van der Waals surface area contributed by atoms with E-state index < -0.39 is 0 Å². The molecule has 98 valence electrons. The predicted molar refractivity (Wildman–Crippen MR) is 72.7 cm³/mol. The lowest BCUT2D eigenvalue weighted by molar-refractivity contribution is 0.199. The standard InChI is InChI=1S/C14H22N4/c1-15-14-13(16-6-7-17-14)12-3-2-8-18(10-12)9-11-4-5-11/h6-7,11-12H,2-5,8-10H2,1H3,(H,15,17)/t12-/m1/s1. The van der Waals surface area contributed by atoms with E-state index in [0.29, 0.717) is 5.92 Å². The van der Waals surface area contributed by atoms with E-state index in [9.17, 15) is 0 Å². The van der Waals surface area contributed by atoms with Crippen molar-refractivity contribution < 1.29 is 0 Å². The summed E-state index contributed by atoms with van der Waals surface area (Å²) in [5.74, 6) is 2.49. The number of nitrogens with one attached hydrogen (secondary N) is 1. The van der Waals surface area contributed by atoms with Crippen molar-refractivity contribution in [3.05, 3.63) is 18.1 Å². The Bertz CT molecular complexity index is 403. The van der Waals surface area contributed by atoms with Gasteiger partial charge in [-0.3, -0.25) is 4.98 Å². The normalized spacial score (nSPS) is 25.1. The van der Waals surface area contributed by atoms with Crippen LogP contribution in [0, 0.1) is 5.92 Å². The fourth-order valence-corrected chi connectivity index (χ4v) is 2.95. The quantitative estimate of drug-likeness (QED) is 0.883. The molecule has 0 aromatic carbocycles. The third kappa shape index (κ3) is 2.64. The second-order valence-corrected chi connectivity index (χ2v) is 5.58. The van der Waals surface area contributed by atoms with Gasteiger partial charge in [0, 0.05) is 38.4 Å². The van der Waals surface area contributed by atoms with Gasteiger partial charge in [-0.15, -0.1) is 0 Å². The van der Waals surface area contributed by atoms with Crippen LogP contribution in [0.25, 0.3) is 0 Å². The monoisotopic (exact) mass is 246 g/mol. The van der Waals surface area contributed by atoms with Crippen molar-refractivity contribution in [3.63, 3.8) is 0 Å². The molecule has 2 aliphatic rings. The lowest BCUT2D eigenvalue weighted by atomic mass is 9.94. The Hall–Kier alpha value is -1.16. The molecule has 0 amide bonds. The Kier molecular flexibility index (Phi) is 3.46. The topological polar surface area (TPSA) is 41.1 Å². The number of nitrogens with zero attached hydrogens (tertiary/aromatic N) is 3. The molecule has 0 unspecified atom stereocenters. The maximum Gasteiger partial charge on any atom is 0.147 e. The minimum atomic E-state index is 0.550. The Morgan fingerprint density at radius 1 is 1.28 bits per heavy atom. The first-order chi connectivity index (χ1) is 8.86. The van der Waals surface area contributed by atoms with Crippen LogP contribution in [0.1, 0.15) is 37.3 Å². The maximum atomic E-state index is 4.55. The van der Waals surface area contributed by atoms with Crippen LogP contribution in [0.2, 0.25) is 0 Å². The lowest BCUT2D eigenvalue weighted by Gasteiger charge is -2.32. The maximum absolute atomic E-state index is 4.55. The molecule has 1 saturated heterocycles. The summed E-state index contributed by atoms with van der Waals surface area (Å²) in [6.07, 6.45) is 8.99. The van der Waals surface area contributed by atoms with E-state index in [2.05, 4.69) is 20.2 Å². The summed E-state index contributed by atoms with van der Waals surface area (Å²) in [5.41, 5.74) is 1.15. The van der Waals surface area contributed by atoms with E-state index in [1.807, 2.05) is 13.2 Å². The number of aromatic nitrogens is 2. The van der Waals surface area contributed by atoms with Crippen LogP contribution in [0.4, 0.5) is 5.82 Å². The van der Waals surface area contributed by atoms with Gasteiger partial charge in [0.05, 0.1) is 5.69 Å². The van der Waals surface area contributed by atoms with Gasteiger partial charge in [0.25, 0.3) is 0 Å². The molecule has 1 aliphatic carbocycles. The summed E-state index contributed by atoms with van der Waals surface area (Å²) in [5, 5.41) is 3.17. The summed E-state index contributed by atoms with van der Waals surface area (Å²) in [7, 11) is 1.93. The van der Waals surface area contributed by atoms with Crippen molar-refractivity contribution in [3.8, 4) is 0 Å². The van der Waals surface area contributed by atoms with Crippen molar-refractivity contribution in [2.24, 2.45) is 5.92 Å². The van der Waals surface area contributed by atoms with Crippen LogP contribution in [0.5, 0.6) is 0 Å². The molecule has 4 heteroatoms. The number of hydrogen-bond acceptors (Lipinski definition) is 4. The number of rotatable bonds is 4. The van der Waals surface area contributed by atoms with E-state index in [-0.39, 0.29) is 0 Å². The van der Waals surface area contributed by atoms with Crippen LogP contribution in [-0.2, 0) is 0 Å². The molecule has 4 nitrogen and oxygen atoms in total. The molecule has 1 aromatic rings. The molecule has 1 N–H and O–H groups in total. The van der Waals surface area contributed by atoms with Gasteiger partial charge in [-0.2, -0.15) is 0 Å². The number of piperidine rings is 1. The fourth-order valence-electron chi connectivity index (χ4n) is 2.95. The summed E-state index contributed by atoms with van der Waals surface area (Å²) in [6.45, 7) is 3.72. The predicted octanol–water partition coefficient (Wildman–Crippen LogP) is 2.11. The third-order valence-electron chi connectivity index (χ3n) is 4.07. The number of anilines is 1. The second-order valence-electron chi connectivity index (χ2n) is 5.58. The van der Waals surface area contributed by atoms with Crippen LogP contribution >= 0.6 is 0 Å². The van der Waals surface area contributed by atoms with E-state index >= 15 is 0 Å². The molecule has 0 bridgehead atoms. The van der Waals surface area contributed by atoms with Crippen LogP contribution in [0.3, 0.4) is 0 Å². The summed E-state index contributed by atoms with van der Waals surface area (Å²) in [4.78, 5) is 11.6. The highest BCUT2D eigenvalue weighted by atomic mass is 15.1. The Morgan fingerprint density at radius 2 is 2.11 bits per heavy atom. The summed E-state index contributed by atoms with van der Waals surface area (Å²) in [6, 6.07) is 0. The molecule has 18 heavy (non-hydrogen) atoms. The average Bonchev–Trinajstić information content (AvgIpc) is 3.23. The molecule has 2 heterocycles. The van der Waals surface area contributed by atoms with E-state index in [0.717, 1.165) is 24.0 Å². The van der Waals surface area contributed by atoms with Gasteiger partial charge >= 0.3 is 0 Å². The largest absolute Gasteiger partial charge is 0.372 e. The van der Waals surface area contributed by atoms with Gasteiger partial charge in [0.1, 0.15) is 5.82 Å². The van der Waals surface area contributed by atoms with Crippen molar-refractivity contribution >= 4 is 5.82 Å². The molecule has 3 rings (SSSR count). The van der Waals surface area contributed by atoms with Gasteiger partial charge in [-0.25, -0.2) is 4.98 Å². The van der Waals surface area contributed by atoms with E-state index in [4.69, 9.17) is 0 Å². The molecule has 1 aliphatic heterocycles. The first-order valence-electron chi connectivity index (χ1n) is 7.08. The zero-order chi connectivity index (χ0) is 12.4. The molecular weight excluding hydrogens is 224 g/mol. The highest BCUT2D eigenvalue weighted by Gasteiger charge is 2.29. The fraction of sp³-hybridized carbons (Fsp3) is 0.714. The molecule has 2 fully saturated rings. The van der Waals surface area contributed by atoms with Crippen molar-refractivity contribution in [2.45, 2.75) is 31.6 Å². The smallest absolute Gasteiger partial charge is 0.147 e. The molecule has 0 radical (unpaired) electrons. The summed E-state index contributed by atoms with van der Waals surface area (Å²) < 4.78 is 0. The molecule has 1 atom stereocenters. The van der Waals surface area contributed by atoms with Crippen molar-refractivity contribution in [2.75, 3.05) is 32.0 Å². The highest BCUT2D eigenvalue weighted by molar-refractivity contribution is 5.41. The zero-order valence-corrected chi connectivity index (χ0v) is 11.1. The van der Waals surface area contributed by atoms with Crippen LogP contribution in [-0.4, -0.2) is 41.5 Å². The minimum Gasteiger partial charge on any atom is -0.372 e. The van der Waals surface area contributed by atoms with Gasteiger partial charge in [0.15, 0.2) is 0 Å². The van der Waals surface area contributed by atoms with E-state index in [1.54, 1.807) is 6.20 Å². The van der Waals surface area contributed by atoms with Gasteiger partial charge in [-0.05, 0) is 38.1 Å². The minimum absolute atomic E-state index is 0.550. The van der Waals surface area contributed by atoms with Crippen molar-refractivity contribution in [1.82, 2.24) is 14.9 Å². The van der Waals surface area contributed by atoms with Crippen LogP contribution < -0.4 is 5.32 Å². The van der Waals surface area contributed by atoms with Crippen molar-refractivity contribution in [1.29, 1.82) is 0 Å². The molecule has 1 saturated carbocycles. The Morgan fingerprint density at radius 3 is 2.89 bits per heavy atom.